The van der Waals surface area contributed by atoms with E-state index in [-0.39, 0.29) is 12.4 Å². The Hall–Kier alpha value is -2.95. The van der Waals surface area contributed by atoms with Gasteiger partial charge in [-0.05, 0) is 43.2 Å². The molecule has 1 atom stereocenters. The lowest BCUT2D eigenvalue weighted by Gasteiger charge is -2.12. The van der Waals surface area contributed by atoms with Crippen molar-refractivity contribution in [2.75, 3.05) is 0 Å². The molecule has 2 aromatic carbocycles. The fourth-order valence-corrected chi connectivity index (χ4v) is 2.04. The Morgan fingerprint density at radius 2 is 1.76 bits per heavy atom. The highest BCUT2D eigenvalue weighted by Crippen LogP contribution is 2.06. The molecule has 2 aromatic rings. The van der Waals surface area contributed by atoms with Crippen LogP contribution in [0.15, 0.2) is 54.6 Å². The number of benzene rings is 2. The molecule has 0 saturated carbocycles. The molecule has 0 aliphatic heterocycles. The summed E-state index contributed by atoms with van der Waals surface area (Å²) >= 11 is 0. The first-order chi connectivity index (χ1) is 11.9. The van der Waals surface area contributed by atoms with Crippen molar-refractivity contribution >= 4 is 18.0 Å². The van der Waals surface area contributed by atoms with E-state index in [4.69, 9.17) is 4.74 Å². The SMILES string of the molecule is Cc1ccc(/C=C/C(=O)OC(C)C(=O)NCc2ccc(F)cc2)cc1. The summed E-state index contributed by atoms with van der Waals surface area (Å²) in [4.78, 5) is 23.7. The zero-order valence-electron chi connectivity index (χ0n) is 14.2. The maximum absolute atomic E-state index is 12.8. The van der Waals surface area contributed by atoms with Crippen molar-refractivity contribution in [3.8, 4) is 0 Å². The zero-order valence-corrected chi connectivity index (χ0v) is 14.2. The minimum absolute atomic E-state index is 0.236. The number of halogens is 1. The quantitative estimate of drug-likeness (QED) is 0.647. The van der Waals surface area contributed by atoms with Gasteiger partial charge in [0.05, 0.1) is 0 Å². The van der Waals surface area contributed by atoms with Crippen LogP contribution in [0.1, 0.15) is 23.6 Å². The fraction of sp³-hybridized carbons (Fsp3) is 0.200. The Labute approximate surface area is 146 Å². The summed E-state index contributed by atoms with van der Waals surface area (Å²) in [6, 6.07) is 13.5. The lowest BCUT2D eigenvalue weighted by atomic mass is 10.1. The molecule has 0 aromatic heterocycles. The first-order valence-corrected chi connectivity index (χ1v) is 7.91. The molecule has 1 N–H and O–H groups in total. The lowest BCUT2D eigenvalue weighted by molar-refractivity contribution is -0.150. The maximum Gasteiger partial charge on any atom is 0.331 e. The van der Waals surface area contributed by atoms with Crippen molar-refractivity contribution in [3.63, 3.8) is 0 Å². The highest BCUT2D eigenvalue weighted by Gasteiger charge is 2.16. The van der Waals surface area contributed by atoms with Crippen LogP contribution in [0.25, 0.3) is 6.08 Å². The second-order valence-electron chi connectivity index (χ2n) is 5.67. The zero-order chi connectivity index (χ0) is 18.2. The topological polar surface area (TPSA) is 55.4 Å². The summed E-state index contributed by atoms with van der Waals surface area (Å²) in [7, 11) is 0. The second-order valence-corrected chi connectivity index (χ2v) is 5.67. The van der Waals surface area contributed by atoms with Gasteiger partial charge in [-0.3, -0.25) is 4.79 Å². The van der Waals surface area contributed by atoms with Crippen molar-refractivity contribution < 1.29 is 18.7 Å². The number of nitrogens with one attached hydrogen (secondary N) is 1. The van der Waals surface area contributed by atoms with E-state index in [2.05, 4.69) is 5.32 Å². The van der Waals surface area contributed by atoms with Gasteiger partial charge in [-0.15, -0.1) is 0 Å². The van der Waals surface area contributed by atoms with E-state index in [1.54, 1.807) is 18.2 Å². The molecular weight excluding hydrogens is 321 g/mol. The molecular formula is C20H20FNO3. The minimum atomic E-state index is -0.921. The number of hydrogen-bond acceptors (Lipinski definition) is 3. The molecule has 2 rings (SSSR count). The van der Waals surface area contributed by atoms with Gasteiger partial charge in [0.15, 0.2) is 6.10 Å². The molecule has 1 unspecified atom stereocenters. The molecule has 0 aliphatic rings. The van der Waals surface area contributed by atoms with Crippen LogP contribution in [0.2, 0.25) is 0 Å². The molecule has 130 valence electrons. The lowest BCUT2D eigenvalue weighted by Crippen LogP contribution is -2.35. The minimum Gasteiger partial charge on any atom is -0.449 e. The van der Waals surface area contributed by atoms with Crippen molar-refractivity contribution in [1.29, 1.82) is 0 Å². The standard InChI is InChI=1S/C20H20FNO3/c1-14-3-5-16(6-4-14)9-12-19(23)25-15(2)20(24)22-13-17-7-10-18(21)11-8-17/h3-12,15H,13H2,1-2H3,(H,22,24)/b12-9+. The number of carbonyl (C=O) groups is 2. The van der Waals surface area contributed by atoms with Gasteiger partial charge in [0.2, 0.25) is 0 Å². The average Bonchev–Trinajstić information content (AvgIpc) is 2.60. The Balaban J connectivity index is 1.80. The van der Waals surface area contributed by atoms with E-state index in [1.165, 1.54) is 25.1 Å². The fourth-order valence-electron chi connectivity index (χ4n) is 2.04. The van der Waals surface area contributed by atoms with Gasteiger partial charge < -0.3 is 10.1 Å². The van der Waals surface area contributed by atoms with Crippen LogP contribution in [-0.2, 0) is 20.9 Å². The van der Waals surface area contributed by atoms with Gasteiger partial charge in [-0.1, -0.05) is 42.0 Å². The van der Waals surface area contributed by atoms with Crippen molar-refractivity contribution in [3.05, 3.63) is 77.1 Å². The van der Waals surface area contributed by atoms with Gasteiger partial charge in [-0.25, -0.2) is 9.18 Å². The number of rotatable bonds is 6. The van der Waals surface area contributed by atoms with E-state index in [0.717, 1.165) is 16.7 Å². The summed E-state index contributed by atoms with van der Waals surface area (Å²) in [6.45, 7) is 3.71. The van der Waals surface area contributed by atoms with Crippen LogP contribution in [0, 0.1) is 12.7 Å². The van der Waals surface area contributed by atoms with Crippen molar-refractivity contribution in [2.45, 2.75) is 26.5 Å². The van der Waals surface area contributed by atoms with Crippen molar-refractivity contribution in [1.82, 2.24) is 5.32 Å². The van der Waals surface area contributed by atoms with E-state index in [9.17, 15) is 14.0 Å². The predicted octanol–water partition coefficient (Wildman–Crippen LogP) is 3.40. The molecule has 1 amide bonds. The molecule has 0 heterocycles. The van der Waals surface area contributed by atoms with E-state index in [1.807, 2.05) is 31.2 Å². The molecule has 0 bridgehead atoms. The summed E-state index contributed by atoms with van der Waals surface area (Å²) in [5, 5.41) is 2.64. The highest BCUT2D eigenvalue weighted by atomic mass is 19.1. The Kier molecular flexibility index (Phi) is 6.46. The Bertz CT molecular complexity index is 752. The van der Waals surface area contributed by atoms with Crippen LogP contribution in [0.3, 0.4) is 0 Å². The largest absolute Gasteiger partial charge is 0.449 e. The van der Waals surface area contributed by atoms with Gasteiger partial charge in [-0.2, -0.15) is 0 Å². The van der Waals surface area contributed by atoms with E-state index < -0.39 is 18.0 Å². The first kappa shape index (κ1) is 18.4. The molecule has 4 nitrogen and oxygen atoms in total. The van der Waals surface area contributed by atoms with Crippen LogP contribution >= 0.6 is 0 Å². The summed E-state index contributed by atoms with van der Waals surface area (Å²) < 4.78 is 17.9. The van der Waals surface area contributed by atoms with E-state index in [0.29, 0.717) is 0 Å². The monoisotopic (exact) mass is 341 g/mol. The molecule has 0 aliphatic carbocycles. The summed E-state index contributed by atoms with van der Waals surface area (Å²) in [5.74, 6) is -1.34. The molecule has 0 fully saturated rings. The highest BCUT2D eigenvalue weighted by molar-refractivity contribution is 5.90. The third-order valence-corrected chi connectivity index (χ3v) is 3.53. The van der Waals surface area contributed by atoms with Crippen LogP contribution < -0.4 is 5.32 Å². The van der Waals surface area contributed by atoms with Gasteiger partial charge >= 0.3 is 5.97 Å². The normalized spacial score (nSPS) is 12.0. The molecule has 25 heavy (non-hydrogen) atoms. The predicted molar refractivity (Wildman–Crippen MR) is 94.0 cm³/mol. The van der Waals surface area contributed by atoms with Gasteiger partial charge in [0.1, 0.15) is 5.82 Å². The summed E-state index contributed by atoms with van der Waals surface area (Å²) in [6.07, 6.45) is 2.00. The van der Waals surface area contributed by atoms with Crippen LogP contribution in [-0.4, -0.2) is 18.0 Å². The third-order valence-electron chi connectivity index (χ3n) is 3.53. The number of carbonyl (C=O) groups excluding carboxylic acids is 2. The van der Waals surface area contributed by atoms with Crippen LogP contribution in [0.4, 0.5) is 4.39 Å². The van der Waals surface area contributed by atoms with Crippen molar-refractivity contribution in [2.24, 2.45) is 0 Å². The number of ether oxygens (including phenoxy) is 1. The molecule has 0 spiro atoms. The number of esters is 1. The van der Waals surface area contributed by atoms with E-state index >= 15 is 0 Å². The number of aryl methyl sites for hydroxylation is 1. The number of amides is 1. The smallest absolute Gasteiger partial charge is 0.331 e. The van der Waals surface area contributed by atoms with Gasteiger partial charge in [0, 0.05) is 12.6 Å². The molecule has 0 saturated heterocycles. The molecule has 5 heteroatoms. The first-order valence-electron chi connectivity index (χ1n) is 7.91. The second kappa shape index (κ2) is 8.78. The molecule has 0 radical (unpaired) electrons. The van der Waals surface area contributed by atoms with Crippen LogP contribution in [0.5, 0.6) is 0 Å². The maximum atomic E-state index is 12.8. The Morgan fingerprint density at radius 3 is 2.40 bits per heavy atom. The number of hydrogen-bond donors (Lipinski definition) is 1. The Morgan fingerprint density at radius 1 is 1.12 bits per heavy atom. The third kappa shape index (κ3) is 6.22. The average molecular weight is 341 g/mol. The van der Waals surface area contributed by atoms with Gasteiger partial charge in [0.25, 0.3) is 5.91 Å². The summed E-state index contributed by atoms with van der Waals surface area (Å²) in [5.41, 5.74) is 2.76.